The van der Waals surface area contributed by atoms with Crippen molar-refractivity contribution in [2.75, 3.05) is 27.3 Å². The summed E-state index contributed by atoms with van der Waals surface area (Å²) in [5, 5.41) is 0. The Bertz CT molecular complexity index is 406. The van der Waals surface area contributed by atoms with Crippen LogP contribution in [0.1, 0.15) is 44.2 Å². The van der Waals surface area contributed by atoms with Crippen molar-refractivity contribution in [3.8, 4) is 11.5 Å². The topological polar surface area (TPSA) is 21.7 Å². The van der Waals surface area contributed by atoms with Gasteiger partial charge in [-0.1, -0.05) is 13.3 Å². The first-order chi connectivity index (χ1) is 9.30. The van der Waals surface area contributed by atoms with Crippen LogP contribution in [0.3, 0.4) is 0 Å². The molecule has 1 atom stereocenters. The van der Waals surface area contributed by atoms with E-state index in [1.807, 2.05) is 12.1 Å². The van der Waals surface area contributed by atoms with Gasteiger partial charge >= 0.3 is 0 Å². The van der Waals surface area contributed by atoms with Crippen LogP contribution in [-0.4, -0.2) is 32.2 Å². The average Bonchev–Trinajstić information content (AvgIpc) is 2.92. The van der Waals surface area contributed by atoms with E-state index >= 15 is 0 Å². The van der Waals surface area contributed by atoms with Crippen molar-refractivity contribution in [2.45, 2.75) is 38.6 Å². The Hall–Kier alpha value is -1.22. The van der Waals surface area contributed by atoms with E-state index in [0.29, 0.717) is 6.04 Å². The number of benzene rings is 1. The van der Waals surface area contributed by atoms with E-state index in [1.165, 1.54) is 44.3 Å². The molecule has 0 unspecified atom stereocenters. The van der Waals surface area contributed by atoms with Gasteiger partial charge in [-0.05, 0) is 50.6 Å². The van der Waals surface area contributed by atoms with Gasteiger partial charge in [0, 0.05) is 11.6 Å². The number of hydrogen-bond acceptors (Lipinski definition) is 3. The van der Waals surface area contributed by atoms with Crippen molar-refractivity contribution < 1.29 is 9.47 Å². The molecule has 19 heavy (non-hydrogen) atoms. The zero-order valence-electron chi connectivity index (χ0n) is 12.3. The molecule has 2 rings (SSSR count). The van der Waals surface area contributed by atoms with Crippen molar-refractivity contribution in [3.05, 3.63) is 23.8 Å². The number of ether oxygens (including phenoxy) is 2. The van der Waals surface area contributed by atoms with E-state index in [-0.39, 0.29) is 0 Å². The summed E-state index contributed by atoms with van der Waals surface area (Å²) in [6.07, 6.45) is 5.00. The molecule has 1 saturated heterocycles. The number of nitrogens with zero attached hydrogens (tertiary/aromatic N) is 1. The highest BCUT2D eigenvalue weighted by Gasteiger charge is 2.28. The summed E-state index contributed by atoms with van der Waals surface area (Å²) in [6.45, 7) is 4.63. The second kappa shape index (κ2) is 6.80. The Kier molecular flexibility index (Phi) is 5.08. The van der Waals surface area contributed by atoms with E-state index in [4.69, 9.17) is 9.47 Å². The molecule has 0 spiro atoms. The maximum absolute atomic E-state index is 5.53. The van der Waals surface area contributed by atoms with Gasteiger partial charge < -0.3 is 9.47 Å². The maximum atomic E-state index is 5.53. The molecular weight excluding hydrogens is 238 g/mol. The Morgan fingerprint density at radius 2 is 2.11 bits per heavy atom. The highest BCUT2D eigenvalue weighted by molar-refractivity contribution is 5.42. The second-order valence-electron chi connectivity index (χ2n) is 5.16. The molecule has 1 aliphatic rings. The number of methoxy groups -OCH3 is 2. The first-order valence-corrected chi connectivity index (χ1v) is 7.26. The lowest BCUT2D eigenvalue weighted by Crippen LogP contribution is -2.24. The molecular formula is C16H25NO2. The third-order valence-corrected chi connectivity index (χ3v) is 3.96. The van der Waals surface area contributed by atoms with Gasteiger partial charge in [0.05, 0.1) is 14.2 Å². The minimum Gasteiger partial charge on any atom is -0.497 e. The lowest BCUT2D eigenvalue weighted by Gasteiger charge is -2.26. The van der Waals surface area contributed by atoms with Crippen molar-refractivity contribution in [2.24, 2.45) is 0 Å². The maximum Gasteiger partial charge on any atom is 0.123 e. The molecule has 0 aliphatic carbocycles. The molecule has 3 nitrogen and oxygen atoms in total. The summed E-state index contributed by atoms with van der Waals surface area (Å²) in [5.41, 5.74) is 1.27. The number of hydrogen-bond donors (Lipinski definition) is 0. The summed E-state index contributed by atoms with van der Waals surface area (Å²) in [5.74, 6) is 1.90. The van der Waals surface area contributed by atoms with Gasteiger partial charge in [0.25, 0.3) is 0 Å². The SMILES string of the molecule is CCCCN1CCC[C@H]1c1cc(OC)ccc1OC. The summed E-state index contributed by atoms with van der Waals surface area (Å²) in [7, 11) is 3.46. The molecule has 0 N–H and O–H groups in total. The number of unbranched alkanes of at least 4 members (excludes halogenated alkanes) is 1. The zero-order chi connectivity index (χ0) is 13.7. The van der Waals surface area contributed by atoms with Gasteiger partial charge in [-0.2, -0.15) is 0 Å². The van der Waals surface area contributed by atoms with E-state index in [9.17, 15) is 0 Å². The normalized spacial score (nSPS) is 19.6. The minimum atomic E-state index is 0.483. The lowest BCUT2D eigenvalue weighted by atomic mass is 10.0. The number of rotatable bonds is 6. The summed E-state index contributed by atoms with van der Waals surface area (Å²) < 4.78 is 10.9. The second-order valence-corrected chi connectivity index (χ2v) is 5.16. The van der Waals surface area contributed by atoms with Crippen LogP contribution >= 0.6 is 0 Å². The molecule has 1 heterocycles. The Labute approximate surface area is 116 Å². The van der Waals surface area contributed by atoms with Crippen molar-refractivity contribution in [3.63, 3.8) is 0 Å². The molecule has 0 saturated carbocycles. The van der Waals surface area contributed by atoms with Crippen molar-refractivity contribution in [1.29, 1.82) is 0 Å². The fraction of sp³-hybridized carbons (Fsp3) is 0.625. The molecule has 3 heteroatoms. The van der Waals surface area contributed by atoms with Crippen molar-refractivity contribution in [1.82, 2.24) is 4.90 Å². The van der Waals surface area contributed by atoms with E-state index in [0.717, 1.165) is 11.5 Å². The lowest BCUT2D eigenvalue weighted by molar-refractivity contribution is 0.247. The van der Waals surface area contributed by atoms with Crippen LogP contribution in [0.4, 0.5) is 0 Å². The molecule has 1 aliphatic heterocycles. The smallest absolute Gasteiger partial charge is 0.123 e. The quantitative estimate of drug-likeness (QED) is 0.782. The minimum absolute atomic E-state index is 0.483. The largest absolute Gasteiger partial charge is 0.497 e. The van der Waals surface area contributed by atoms with Gasteiger partial charge in [0.2, 0.25) is 0 Å². The van der Waals surface area contributed by atoms with Crippen LogP contribution in [0.5, 0.6) is 11.5 Å². The van der Waals surface area contributed by atoms with Gasteiger partial charge in [0.1, 0.15) is 11.5 Å². The molecule has 0 bridgehead atoms. The first kappa shape index (κ1) is 14.2. The van der Waals surface area contributed by atoms with Crippen LogP contribution in [0.25, 0.3) is 0 Å². The predicted octanol–water partition coefficient (Wildman–Crippen LogP) is 3.64. The molecule has 1 aromatic carbocycles. The molecule has 0 aromatic heterocycles. The van der Waals surface area contributed by atoms with E-state index in [2.05, 4.69) is 17.9 Å². The zero-order valence-corrected chi connectivity index (χ0v) is 12.3. The molecule has 0 radical (unpaired) electrons. The third kappa shape index (κ3) is 3.21. The highest BCUT2D eigenvalue weighted by Crippen LogP contribution is 2.38. The fourth-order valence-corrected chi connectivity index (χ4v) is 2.91. The monoisotopic (exact) mass is 263 g/mol. The van der Waals surface area contributed by atoms with Gasteiger partial charge in [-0.15, -0.1) is 0 Å². The molecule has 1 aromatic rings. The third-order valence-electron chi connectivity index (χ3n) is 3.96. The summed E-state index contributed by atoms with van der Waals surface area (Å²) >= 11 is 0. The highest BCUT2D eigenvalue weighted by atomic mass is 16.5. The Balaban J connectivity index is 2.23. The van der Waals surface area contributed by atoms with Crippen LogP contribution in [0, 0.1) is 0 Å². The summed E-state index contributed by atoms with van der Waals surface area (Å²) in [6, 6.07) is 6.60. The number of likely N-dealkylation sites (tertiary alicyclic amines) is 1. The molecule has 106 valence electrons. The molecule has 0 amide bonds. The first-order valence-electron chi connectivity index (χ1n) is 7.26. The van der Waals surface area contributed by atoms with E-state index in [1.54, 1.807) is 14.2 Å². The predicted molar refractivity (Wildman–Crippen MR) is 78.0 cm³/mol. The average molecular weight is 263 g/mol. The van der Waals surface area contributed by atoms with Gasteiger partial charge in [-0.3, -0.25) is 4.90 Å². The fourth-order valence-electron chi connectivity index (χ4n) is 2.91. The van der Waals surface area contributed by atoms with Gasteiger partial charge in [-0.25, -0.2) is 0 Å². The van der Waals surface area contributed by atoms with Gasteiger partial charge in [0.15, 0.2) is 0 Å². The van der Waals surface area contributed by atoms with Crippen molar-refractivity contribution >= 4 is 0 Å². The van der Waals surface area contributed by atoms with Crippen LogP contribution in [0.15, 0.2) is 18.2 Å². The summed E-state index contributed by atoms with van der Waals surface area (Å²) in [4.78, 5) is 2.58. The van der Waals surface area contributed by atoms with E-state index < -0.39 is 0 Å². The Morgan fingerprint density at radius 3 is 2.79 bits per heavy atom. The van der Waals surface area contributed by atoms with Crippen LogP contribution in [-0.2, 0) is 0 Å². The van der Waals surface area contributed by atoms with Crippen LogP contribution in [0.2, 0.25) is 0 Å². The Morgan fingerprint density at radius 1 is 1.26 bits per heavy atom. The standard InChI is InChI=1S/C16H25NO2/c1-4-5-10-17-11-6-7-15(17)14-12-13(18-2)8-9-16(14)19-3/h8-9,12,15H,4-7,10-11H2,1-3H3/t15-/m0/s1. The molecule has 1 fully saturated rings. The van der Waals surface area contributed by atoms with Crippen LogP contribution < -0.4 is 9.47 Å².